The number of hydrogen-bond acceptors (Lipinski definition) is 3. The van der Waals surface area contributed by atoms with Gasteiger partial charge in [0.05, 0.1) is 27.6 Å². The molecule has 6 aromatic rings. The van der Waals surface area contributed by atoms with Gasteiger partial charge in [-0.15, -0.1) is 0 Å². The van der Waals surface area contributed by atoms with Gasteiger partial charge < -0.3 is 14.3 Å². The second kappa shape index (κ2) is 6.48. The molecule has 0 bridgehead atoms. The molecule has 2 N–H and O–H groups in total. The Morgan fingerprint density at radius 2 is 1.47 bits per heavy atom. The molecule has 0 unspecified atom stereocenters. The lowest BCUT2D eigenvalue weighted by atomic mass is 10.0. The molecule has 0 saturated heterocycles. The van der Waals surface area contributed by atoms with Crippen LogP contribution in [0.2, 0.25) is 0 Å². The van der Waals surface area contributed by atoms with Crippen LogP contribution in [0, 0.1) is 13.8 Å². The molecule has 0 atom stereocenters. The van der Waals surface area contributed by atoms with Crippen LogP contribution in [0.3, 0.4) is 0 Å². The number of ether oxygens (including phenoxy) is 1. The van der Waals surface area contributed by atoms with E-state index in [4.69, 9.17) is 4.74 Å². The Balaban J connectivity index is 1.53. The molecule has 0 saturated carbocycles. The minimum atomic E-state index is -0.506. The molecule has 4 aromatic carbocycles. The summed E-state index contributed by atoms with van der Waals surface area (Å²) < 4.78 is 8.61. The Labute approximate surface area is 193 Å². The van der Waals surface area contributed by atoms with Gasteiger partial charge in [-0.05, 0) is 84.6 Å². The van der Waals surface area contributed by atoms with Crippen molar-refractivity contribution >= 4 is 32.7 Å². The molecule has 0 fully saturated rings. The molecule has 0 amide bonds. The van der Waals surface area contributed by atoms with Crippen molar-refractivity contribution in [2.24, 2.45) is 0 Å². The Bertz CT molecular complexity index is 1960. The van der Waals surface area contributed by atoms with Crippen LogP contribution in [-0.2, 0) is 0 Å². The van der Waals surface area contributed by atoms with Crippen LogP contribution >= 0.6 is 0 Å². The molecule has 164 valence electrons. The van der Waals surface area contributed by atoms with E-state index in [1.54, 1.807) is 6.07 Å². The third-order valence-corrected chi connectivity index (χ3v) is 6.62. The SMILES string of the molecule is Cc1ccc2c(c1)Oc1cc(C)cc3c4cc(-c5ccc6[nH]c(=O)[nH]c(=O)c6c5)ccc4n-2c13. The molecule has 34 heavy (non-hydrogen) atoms. The van der Waals surface area contributed by atoms with Gasteiger partial charge in [-0.25, -0.2) is 4.79 Å². The average Bonchev–Trinajstić information content (AvgIpc) is 3.13. The van der Waals surface area contributed by atoms with Gasteiger partial charge in [-0.3, -0.25) is 9.78 Å². The average molecular weight is 445 g/mol. The van der Waals surface area contributed by atoms with Crippen molar-refractivity contribution in [2.45, 2.75) is 13.8 Å². The molecule has 7 rings (SSSR count). The first kappa shape index (κ1) is 18.9. The number of rotatable bonds is 1. The monoisotopic (exact) mass is 445 g/mol. The minimum Gasteiger partial charge on any atom is -0.453 e. The minimum absolute atomic E-state index is 0.395. The summed E-state index contributed by atoms with van der Waals surface area (Å²) in [5.41, 5.74) is 6.98. The molecule has 0 radical (unpaired) electrons. The van der Waals surface area contributed by atoms with Crippen molar-refractivity contribution in [3.05, 3.63) is 98.7 Å². The van der Waals surface area contributed by atoms with E-state index >= 15 is 0 Å². The fraction of sp³-hybridized carbons (Fsp3) is 0.0714. The van der Waals surface area contributed by atoms with Gasteiger partial charge in [-0.1, -0.05) is 18.2 Å². The topological polar surface area (TPSA) is 79.9 Å². The van der Waals surface area contributed by atoms with Gasteiger partial charge in [0.25, 0.3) is 5.56 Å². The molecular formula is C28H19N3O3. The highest BCUT2D eigenvalue weighted by Crippen LogP contribution is 2.46. The predicted molar refractivity (Wildman–Crippen MR) is 135 cm³/mol. The summed E-state index contributed by atoms with van der Waals surface area (Å²) in [5, 5.41) is 2.69. The Morgan fingerprint density at radius 1 is 0.706 bits per heavy atom. The lowest BCUT2D eigenvalue weighted by molar-refractivity contribution is 0.475. The van der Waals surface area contributed by atoms with E-state index in [1.165, 1.54) is 0 Å². The Kier molecular flexibility index (Phi) is 3.61. The number of aromatic amines is 2. The van der Waals surface area contributed by atoms with Crippen LogP contribution in [0.5, 0.6) is 11.5 Å². The van der Waals surface area contributed by atoms with E-state index in [1.807, 2.05) is 12.1 Å². The zero-order valence-electron chi connectivity index (χ0n) is 18.5. The van der Waals surface area contributed by atoms with Gasteiger partial charge >= 0.3 is 5.69 Å². The fourth-order valence-corrected chi connectivity index (χ4v) is 5.11. The third-order valence-electron chi connectivity index (χ3n) is 6.62. The number of aryl methyl sites for hydroxylation is 2. The van der Waals surface area contributed by atoms with Crippen LogP contribution in [0.1, 0.15) is 11.1 Å². The van der Waals surface area contributed by atoms with Crippen LogP contribution < -0.4 is 16.0 Å². The van der Waals surface area contributed by atoms with Crippen molar-refractivity contribution in [1.29, 1.82) is 0 Å². The summed E-state index contributed by atoms with van der Waals surface area (Å²) in [6, 6.07) is 22.4. The first-order chi connectivity index (χ1) is 16.5. The van der Waals surface area contributed by atoms with E-state index in [-0.39, 0.29) is 0 Å². The third kappa shape index (κ3) is 2.56. The fourth-order valence-electron chi connectivity index (χ4n) is 5.11. The number of nitrogens with zero attached hydrogens (tertiary/aromatic N) is 1. The number of nitrogens with one attached hydrogen (secondary N) is 2. The highest BCUT2D eigenvalue weighted by atomic mass is 16.5. The first-order valence-corrected chi connectivity index (χ1v) is 11.1. The maximum absolute atomic E-state index is 12.3. The zero-order valence-corrected chi connectivity index (χ0v) is 18.5. The van der Waals surface area contributed by atoms with Crippen molar-refractivity contribution < 1.29 is 4.74 Å². The molecule has 0 spiro atoms. The molecule has 1 aliphatic heterocycles. The van der Waals surface area contributed by atoms with Crippen molar-refractivity contribution in [2.75, 3.05) is 0 Å². The van der Waals surface area contributed by atoms with Crippen molar-refractivity contribution in [3.8, 4) is 28.3 Å². The number of H-pyrrole nitrogens is 2. The maximum atomic E-state index is 12.3. The lowest BCUT2D eigenvalue weighted by Gasteiger charge is -2.21. The second-order valence-electron chi connectivity index (χ2n) is 8.97. The zero-order chi connectivity index (χ0) is 23.1. The van der Waals surface area contributed by atoms with Crippen LogP contribution in [0.15, 0.2) is 76.3 Å². The molecule has 6 heteroatoms. The van der Waals surface area contributed by atoms with Gasteiger partial charge in [0.1, 0.15) is 0 Å². The molecule has 0 aliphatic carbocycles. The molecular weight excluding hydrogens is 426 g/mol. The quantitative estimate of drug-likeness (QED) is 0.340. The molecule has 1 aliphatic rings. The number of aromatic nitrogens is 3. The highest BCUT2D eigenvalue weighted by Gasteiger charge is 2.24. The summed E-state index contributed by atoms with van der Waals surface area (Å²) in [4.78, 5) is 28.9. The molecule has 6 nitrogen and oxygen atoms in total. The van der Waals surface area contributed by atoms with Crippen molar-refractivity contribution in [3.63, 3.8) is 0 Å². The summed E-state index contributed by atoms with van der Waals surface area (Å²) in [6.45, 7) is 4.14. The highest BCUT2D eigenvalue weighted by molar-refractivity contribution is 6.13. The van der Waals surface area contributed by atoms with E-state index < -0.39 is 11.2 Å². The van der Waals surface area contributed by atoms with E-state index in [0.29, 0.717) is 10.9 Å². The normalized spacial score (nSPS) is 12.3. The van der Waals surface area contributed by atoms with Crippen LogP contribution in [0.4, 0.5) is 0 Å². The summed E-state index contributed by atoms with van der Waals surface area (Å²) in [5.74, 6) is 1.70. The number of hydrogen-bond donors (Lipinski definition) is 2. The van der Waals surface area contributed by atoms with E-state index in [9.17, 15) is 9.59 Å². The summed E-state index contributed by atoms with van der Waals surface area (Å²) in [6.07, 6.45) is 0. The Hall–Kier alpha value is -4.58. The van der Waals surface area contributed by atoms with Crippen LogP contribution in [0.25, 0.3) is 49.5 Å². The molecule has 2 aromatic heterocycles. The predicted octanol–water partition coefficient (Wildman–Crippen LogP) is 5.70. The number of benzene rings is 4. The first-order valence-electron chi connectivity index (χ1n) is 11.1. The van der Waals surface area contributed by atoms with E-state index in [2.05, 4.69) is 76.9 Å². The largest absolute Gasteiger partial charge is 0.453 e. The van der Waals surface area contributed by atoms with E-state index in [0.717, 1.165) is 61.2 Å². The van der Waals surface area contributed by atoms with Crippen LogP contribution in [-0.4, -0.2) is 14.5 Å². The summed E-state index contributed by atoms with van der Waals surface area (Å²) in [7, 11) is 0. The molecule has 3 heterocycles. The second-order valence-corrected chi connectivity index (χ2v) is 8.97. The standard InChI is InChI=1S/C28H19N3O3/c1-14-3-7-23-24(10-14)34-25-11-15(2)9-19-18-12-17(5-8-22(18)31(23)26(19)25)16-4-6-21-20(13-16)27(32)30-28(33)29-21/h3-13H,1-2H3,(H2,29,30,32,33). The maximum Gasteiger partial charge on any atom is 0.326 e. The Morgan fingerprint density at radius 3 is 2.32 bits per heavy atom. The number of fused-ring (bicyclic) bond motifs is 6. The van der Waals surface area contributed by atoms with Gasteiger partial charge in [0, 0.05) is 10.8 Å². The van der Waals surface area contributed by atoms with Gasteiger partial charge in [0.2, 0.25) is 0 Å². The smallest absolute Gasteiger partial charge is 0.326 e. The van der Waals surface area contributed by atoms with Gasteiger partial charge in [-0.2, -0.15) is 0 Å². The lowest BCUT2D eigenvalue weighted by Crippen LogP contribution is -2.21. The van der Waals surface area contributed by atoms with Crippen molar-refractivity contribution in [1.82, 2.24) is 14.5 Å². The summed E-state index contributed by atoms with van der Waals surface area (Å²) >= 11 is 0. The van der Waals surface area contributed by atoms with Gasteiger partial charge in [0.15, 0.2) is 11.5 Å².